The molecule has 0 spiro atoms. The van der Waals surface area contributed by atoms with Crippen molar-refractivity contribution in [3.05, 3.63) is 96.2 Å². The molecule has 1 fully saturated rings. The number of hydrogen-bond donors (Lipinski definition) is 5. The van der Waals surface area contributed by atoms with Crippen LogP contribution in [0, 0.1) is 0 Å². The fourth-order valence-electron chi connectivity index (χ4n) is 4.74. The van der Waals surface area contributed by atoms with Gasteiger partial charge in [0.2, 0.25) is 5.91 Å². The third-order valence-corrected chi connectivity index (χ3v) is 7.10. The van der Waals surface area contributed by atoms with Crippen molar-refractivity contribution < 1.29 is 33.8 Å². The SMILES string of the molecule is O=C(COC1CC(CNc2ccccn2)N(C(=O)OCc2ccccc2)C1)NCC(NC(=O)NCCc1ccccc1)C(=O)O. The van der Waals surface area contributed by atoms with Crippen molar-refractivity contribution in [2.45, 2.75) is 37.6 Å². The molecule has 4 amide bonds. The molecule has 0 saturated carbocycles. The second kappa shape index (κ2) is 17.2. The van der Waals surface area contributed by atoms with Crippen LogP contribution in [0.3, 0.4) is 0 Å². The molecule has 0 aliphatic carbocycles. The first-order valence-corrected chi connectivity index (χ1v) is 14.7. The number of pyridine rings is 1. The number of urea groups is 1. The Hall–Kier alpha value is -5.17. The van der Waals surface area contributed by atoms with Crippen LogP contribution in [-0.4, -0.2) is 90.0 Å². The summed E-state index contributed by atoms with van der Waals surface area (Å²) in [6.45, 7) is 0.352. The average Bonchev–Trinajstić information content (AvgIpc) is 3.48. The molecule has 2 heterocycles. The summed E-state index contributed by atoms with van der Waals surface area (Å²) in [7, 11) is 0. The van der Waals surface area contributed by atoms with E-state index in [2.05, 4.69) is 26.3 Å². The highest BCUT2D eigenvalue weighted by molar-refractivity contribution is 5.84. The Balaban J connectivity index is 1.22. The number of aromatic nitrogens is 1. The van der Waals surface area contributed by atoms with Crippen molar-refractivity contribution in [3.63, 3.8) is 0 Å². The van der Waals surface area contributed by atoms with E-state index in [1.54, 1.807) is 17.2 Å². The molecular formula is C32H38N6O7. The largest absolute Gasteiger partial charge is 0.480 e. The number of amides is 4. The lowest BCUT2D eigenvalue weighted by Gasteiger charge is -2.24. The van der Waals surface area contributed by atoms with Gasteiger partial charge in [-0.25, -0.2) is 19.4 Å². The first-order chi connectivity index (χ1) is 21.9. The molecule has 1 aliphatic rings. The van der Waals surface area contributed by atoms with Crippen LogP contribution < -0.4 is 21.3 Å². The van der Waals surface area contributed by atoms with Crippen molar-refractivity contribution in [3.8, 4) is 0 Å². The van der Waals surface area contributed by atoms with Crippen LogP contribution >= 0.6 is 0 Å². The number of anilines is 1. The molecule has 13 heteroatoms. The zero-order valence-electron chi connectivity index (χ0n) is 24.8. The highest BCUT2D eigenvalue weighted by atomic mass is 16.6. The maximum atomic E-state index is 13.0. The number of carbonyl (C=O) groups is 4. The van der Waals surface area contributed by atoms with Gasteiger partial charge in [-0.15, -0.1) is 0 Å². The van der Waals surface area contributed by atoms with E-state index in [0.717, 1.165) is 11.1 Å². The summed E-state index contributed by atoms with van der Waals surface area (Å²) in [5, 5.41) is 20.2. The van der Waals surface area contributed by atoms with Crippen LogP contribution in [0.15, 0.2) is 85.1 Å². The van der Waals surface area contributed by atoms with Crippen LogP contribution in [-0.2, 0) is 32.1 Å². The molecule has 5 N–H and O–H groups in total. The minimum atomic E-state index is -1.34. The molecule has 4 rings (SSSR count). The molecule has 3 aromatic rings. The van der Waals surface area contributed by atoms with Crippen LogP contribution in [0.1, 0.15) is 17.5 Å². The second-order valence-corrected chi connectivity index (χ2v) is 10.4. The Labute approximate surface area is 261 Å². The minimum Gasteiger partial charge on any atom is -0.480 e. The average molecular weight is 619 g/mol. The first kappa shape index (κ1) is 32.7. The lowest BCUT2D eigenvalue weighted by atomic mass is 10.1. The van der Waals surface area contributed by atoms with Gasteiger partial charge in [0.05, 0.1) is 18.7 Å². The highest BCUT2D eigenvalue weighted by Gasteiger charge is 2.37. The topological polar surface area (TPSA) is 171 Å². The molecule has 0 bridgehead atoms. The zero-order valence-corrected chi connectivity index (χ0v) is 24.8. The molecule has 45 heavy (non-hydrogen) atoms. The predicted molar refractivity (Wildman–Crippen MR) is 165 cm³/mol. The summed E-state index contributed by atoms with van der Waals surface area (Å²) in [6.07, 6.45) is 1.73. The van der Waals surface area contributed by atoms with Crippen molar-refractivity contribution in [1.29, 1.82) is 0 Å². The van der Waals surface area contributed by atoms with E-state index < -0.39 is 36.1 Å². The van der Waals surface area contributed by atoms with Gasteiger partial charge in [-0.3, -0.25) is 4.79 Å². The maximum absolute atomic E-state index is 13.0. The molecule has 238 valence electrons. The lowest BCUT2D eigenvalue weighted by molar-refractivity contribution is -0.139. The van der Waals surface area contributed by atoms with Gasteiger partial charge in [-0.1, -0.05) is 66.7 Å². The number of carboxylic acids is 1. The van der Waals surface area contributed by atoms with E-state index in [-0.39, 0.29) is 32.3 Å². The molecule has 1 aliphatic heterocycles. The normalized spacial score (nSPS) is 16.3. The fraction of sp³-hybridized carbons (Fsp3) is 0.344. The third-order valence-electron chi connectivity index (χ3n) is 7.10. The maximum Gasteiger partial charge on any atom is 0.410 e. The quantitative estimate of drug-likeness (QED) is 0.172. The lowest BCUT2D eigenvalue weighted by Crippen LogP contribution is -2.52. The smallest absolute Gasteiger partial charge is 0.410 e. The van der Waals surface area contributed by atoms with Gasteiger partial charge in [0, 0.05) is 25.8 Å². The number of carbonyl (C=O) groups excluding carboxylic acids is 3. The number of carboxylic acid groups (broad SMARTS) is 1. The predicted octanol–water partition coefficient (Wildman–Crippen LogP) is 2.40. The minimum absolute atomic E-state index is 0.119. The van der Waals surface area contributed by atoms with Gasteiger partial charge in [0.15, 0.2) is 0 Å². The van der Waals surface area contributed by atoms with E-state index in [1.165, 1.54) is 0 Å². The number of nitrogens with zero attached hydrogens (tertiary/aromatic N) is 2. The summed E-state index contributed by atoms with van der Waals surface area (Å²) < 4.78 is 11.4. The van der Waals surface area contributed by atoms with Crippen molar-refractivity contribution >= 4 is 29.8 Å². The third kappa shape index (κ3) is 11.1. The van der Waals surface area contributed by atoms with Gasteiger partial charge in [0.25, 0.3) is 0 Å². The first-order valence-electron chi connectivity index (χ1n) is 14.7. The van der Waals surface area contributed by atoms with E-state index in [1.807, 2.05) is 72.8 Å². The van der Waals surface area contributed by atoms with E-state index in [4.69, 9.17) is 9.47 Å². The fourth-order valence-corrected chi connectivity index (χ4v) is 4.74. The van der Waals surface area contributed by atoms with E-state index in [9.17, 15) is 24.3 Å². The molecule has 1 saturated heterocycles. The van der Waals surface area contributed by atoms with Crippen LogP contribution in [0.4, 0.5) is 15.4 Å². The van der Waals surface area contributed by atoms with Gasteiger partial charge in [-0.2, -0.15) is 0 Å². The number of rotatable bonds is 15. The Bertz CT molecular complexity index is 1380. The Kier molecular flexibility index (Phi) is 12.5. The number of likely N-dealkylation sites (tertiary alicyclic amines) is 1. The zero-order chi connectivity index (χ0) is 31.9. The summed E-state index contributed by atoms with van der Waals surface area (Å²) >= 11 is 0. The van der Waals surface area contributed by atoms with Crippen molar-refractivity contribution in [2.24, 2.45) is 0 Å². The molecule has 1 aromatic heterocycles. The molecule has 3 atom stereocenters. The summed E-state index contributed by atoms with van der Waals surface area (Å²) in [5.74, 6) is -1.19. The molecular weight excluding hydrogens is 580 g/mol. The van der Waals surface area contributed by atoms with Gasteiger partial charge >= 0.3 is 18.1 Å². The van der Waals surface area contributed by atoms with Crippen LogP contribution in [0.2, 0.25) is 0 Å². The van der Waals surface area contributed by atoms with Gasteiger partial charge < -0.3 is 40.7 Å². The number of hydrogen-bond acceptors (Lipinski definition) is 8. The summed E-state index contributed by atoms with van der Waals surface area (Å²) in [6, 6.07) is 22.1. The van der Waals surface area contributed by atoms with E-state index in [0.29, 0.717) is 31.7 Å². The van der Waals surface area contributed by atoms with Crippen molar-refractivity contribution in [1.82, 2.24) is 25.8 Å². The Morgan fingerprint density at radius 2 is 1.64 bits per heavy atom. The molecule has 13 nitrogen and oxygen atoms in total. The van der Waals surface area contributed by atoms with Gasteiger partial charge in [0.1, 0.15) is 25.1 Å². The van der Waals surface area contributed by atoms with E-state index >= 15 is 0 Å². The monoisotopic (exact) mass is 618 g/mol. The van der Waals surface area contributed by atoms with Crippen LogP contribution in [0.5, 0.6) is 0 Å². The number of benzene rings is 2. The molecule has 2 aromatic carbocycles. The summed E-state index contributed by atoms with van der Waals surface area (Å²) in [4.78, 5) is 55.2. The molecule has 3 unspecified atom stereocenters. The Morgan fingerprint density at radius 3 is 2.33 bits per heavy atom. The van der Waals surface area contributed by atoms with Crippen LogP contribution in [0.25, 0.3) is 0 Å². The van der Waals surface area contributed by atoms with Crippen molar-refractivity contribution in [2.75, 3.05) is 38.1 Å². The number of ether oxygens (including phenoxy) is 2. The molecule has 0 radical (unpaired) electrons. The second-order valence-electron chi connectivity index (χ2n) is 10.4. The van der Waals surface area contributed by atoms with Gasteiger partial charge in [-0.05, 0) is 36.1 Å². The Morgan fingerprint density at radius 1 is 0.933 bits per heavy atom. The highest BCUT2D eigenvalue weighted by Crippen LogP contribution is 2.22. The number of aliphatic carboxylic acids is 1. The standard InChI is InChI=1S/C32H38N6O7/c39-29(36-19-27(30(40)41)37-31(42)34-16-14-23-9-3-1-4-10-23)22-44-26-17-25(18-35-28-13-7-8-15-33-28)38(20-26)32(43)45-21-24-11-5-2-6-12-24/h1-13,15,25-27H,14,16-22H2,(H,33,35)(H,36,39)(H,40,41)(H2,34,37,42). The summed E-state index contributed by atoms with van der Waals surface area (Å²) in [5.41, 5.74) is 1.89. The number of nitrogens with one attached hydrogen (secondary N) is 4.